The zero-order valence-electron chi connectivity index (χ0n) is 12.8. The smallest absolute Gasteiger partial charge is 0.376 e. The molecule has 0 saturated heterocycles. The van der Waals surface area contributed by atoms with Gasteiger partial charge in [0.25, 0.3) is 0 Å². The molecule has 0 unspecified atom stereocenters. The van der Waals surface area contributed by atoms with Crippen LogP contribution in [-0.4, -0.2) is 47.5 Å². The maximum absolute atomic E-state index is 11.4. The quantitative estimate of drug-likeness (QED) is 0.461. The van der Waals surface area contributed by atoms with Gasteiger partial charge in [0.1, 0.15) is 6.73 Å². The molecule has 2 rings (SSSR count). The molecule has 21 heavy (non-hydrogen) atoms. The number of carbonyl (C=O) groups is 1. The average molecular weight is 308 g/mol. The Kier molecular flexibility index (Phi) is 4.68. The highest BCUT2D eigenvalue weighted by molar-refractivity contribution is 6.76. The molecule has 0 spiro atoms. The zero-order chi connectivity index (χ0) is 15.5. The van der Waals surface area contributed by atoms with E-state index in [2.05, 4.69) is 39.4 Å². The molecule has 114 valence electrons. The highest BCUT2D eigenvalue weighted by atomic mass is 28.3. The molecule has 2 heterocycles. The average Bonchev–Trinajstić information content (AvgIpc) is 2.83. The van der Waals surface area contributed by atoms with E-state index in [9.17, 15) is 4.79 Å². The Morgan fingerprint density at radius 2 is 2.14 bits per heavy atom. The van der Waals surface area contributed by atoms with Crippen LogP contribution < -0.4 is 0 Å². The van der Waals surface area contributed by atoms with E-state index in [1.807, 2.05) is 0 Å². The molecular formula is C13H20N4O3Si. The fraction of sp³-hybridized carbons (Fsp3) is 0.538. The second-order valence-electron chi connectivity index (χ2n) is 5.98. The molecule has 0 amide bonds. The zero-order valence-corrected chi connectivity index (χ0v) is 13.8. The SMILES string of the molecule is COC(=O)c1ncc2cn(COCC[Si](C)(C)C)nc2n1. The minimum Gasteiger partial charge on any atom is -0.463 e. The third-order valence-electron chi connectivity index (χ3n) is 2.90. The number of aromatic nitrogens is 4. The molecule has 0 aliphatic heterocycles. The monoisotopic (exact) mass is 308 g/mol. The van der Waals surface area contributed by atoms with Crippen molar-refractivity contribution in [1.29, 1.82) is 0 Å². The number of fused-ring (bicyclic) bond motifs is 1. The van der Waals surface area contributed by atoms with E-state index in [-0.39, 0.29) is 5.82 Å². The van der Waals surface area contributed by atoms with Crippen molar-refractivity contribution in [2.45, 2.75) is 32.4 Å². The molecule has 0 atom stereocenters. The van der Waals surface area contributed by atoms with Crippen LogP contribution in [0.5, 0.6) is 0 Å². The van der Waals surface area contributed by atoms with E-state index in [1.165, 1.54) is 7.11 Å². The Morgan fingerprint density at radius 1 is 1.38 bits per heavy atom. The van der Waals surface area contributed by atoms with Gasteiger partial charge in [-0.3, -0.25) is 0 Å². The fourth-order valence-electron chi connectivity index (χ4n) is 1.66. The lowest BCUT2D eigenvalue weighted by atomic mass is 10.4. The largest absolute Gasteiger partial charge is 0.463 e. The number of rotatable bonds is 6. The van der Waals surface area contributed by atoms with E-state index >= 15 is 0 Å². The van der Waals surface area contributed by atoms with Crippen LogP contribution in [0.4, 0.5) is 0 Å². The van der Waals surface area contributed by atoms with Crippen molar-refractivity contribution in [3.63, 3.8) is 0 Å². The predicted molar refractivity (Wildman–Crippen MR) is 80.8 cm³/mol. The van der Waals surface area contributed by atoms with Crippen LogP contribution in [0.15, 0.2) is 12.4 Å². The summed E-state index contributed by atoms with van der Waals surface area (Å²) in [7, 11) is 0.213. The fourth-order valence-corrected chi connectivity index (χ4v) is 2.41. The van der Waals surface area contributed by atoms with Gasteiger partial charge in [-0.05, 0) is 6.04 Å². The van der Waals surface area contributed by atoms with Crippen molar-refractivity contribution < 1.29 is 14.3 Å². The Morgan fingerprint density at radius 3 is 2.81 bits per heavy atom. The topological polar surface area (TPSA) is 79.1 Å². The van der Waals surface area contributed by atoms with Crippen LogP contribution in [0.1, 0.15) is 10.6 Å². The van der Waals surface area contributed by atoms with Crippen LogP contribution >= 0.6 is 0 Å². The summed E-state index contributed by atoms with van der Waals surface area (Å²) in [6, 6.07) is 1.11. The van der Waals surface area contributed by atoms with Gasteiger partial charge >= 0.3 is 5.97 Å². The van der Waals surface area contributed by atoms with Crippen molar-refractivity contribution in [3.8, 4) is 0 Å². The summed E-state index contributed by atoms with van der Waals surface area (Å²) in [5, 5.41) is 5.03. The highest BCUT2D eigenvalue weighted by Crippen LogP contribution is 2.10. The number of hydrogen-bond donors (Lipinski definition) is 0. The third-order valence-corrected chi connectivity index (χ3v) is 4.60. The van der Waals surface area contributed by atoms with Crippen LogP contribution in [0.2, 0.25) is 25.7 Å². The standard InChI is InChI=1S/C13H20N4O3Si/c1-19-13(18)12-14-7-10-8-17(16-11(10)15-12)9-20-5-6-21(2,3)4/h7-8H,5-6,9H2,1-4H3. The first-order valence-electron chi connectivity index (χ1n) is 6.75. The summed E-state index contributed by atoms with van der Waals surface area (Å²) in [4.78, 5) is 19.4. The molecule has 0 N–H and O–H groups in total. The summed E-state index contributed by atoms with van der Waals surface area (Å²) in [6.07, 6.45) is 3.35. The van der Waals surface area contributed by atoms with Gasteiger partial charge in [0.05, 0.1) is 12.5 Å². The van der Waals surface area contributed by atoms with Gasteiger partial charge in [-0.2, -0.15) is 0 Å². The lowest BCUT2D eigenvalue weighted by Crippen LogP contribution is -2.22. The van der Waals surface area contributed by atoms with Crippen molar-refractivity contribution in [2.24, 2.45) is 0 Å². The van der Waals surface area contributed by atoms with Crippen molar-refractivity contribution in [2.75, 3.05) is 13.7 Å². The Bertz CT molecular complexity index is 636. The summed E-state index contributed by atoms with van der Waals surface area (Å²) in [6.45, 7) is 8.02. The lowest BCUT2D eigenvalue weighted by molar-refractivity contribution is 0.0587. The van der Waals surface area contributed by atoms with Gasteiger partial charge in [0, 0.05) is 27.1 Å². The second-order valence-corrected chi connectivity index (χ2v) is 11.6. The van der Waals surface area contributed by atoms with Gasteiger partial charge in [-0.1, -0.05) is 19.6 Å². The number of nitrogens with zero attached hydrogens (tertiary/aromatic N) is 4. The van der Waals surface area contributed by atoms with E-state index in [4.69, 9.17) is 4.74 Å². The molecular weight excluding hydrogens is 288 g/mol. The Labute approximate surface area is 124 Å². The molecule has 2 aromatic rings. The van der Waals surface area contributed by atoms with Crippen LogP contribution in [0.3, 0.4) is 0 Å². The molecule has 0 aliphatic carbocycles. The van der Waals surface area contributed by atoms with E-state index in [0.717, 1.165) is 18.0 Å². The van der Waals surface area contributed by atoms with Crippen LogP contribution in [0, 0.1) is 0 Å². The predicted octanol–water partition coefficient (Wildman–Crippen LogP) is 1.93. The molecule has 8 heteroatoms. The number of esters is 1. The summed E-state index contributed by atoms with van der Waals surface area (Å²) >= 11 is 0. The minimum absolute atomic E-state index is 0.00917. The molecule has 0 saturated carbocycles. The second kappa shape index (κ2) is 6.31. The molecule has 0 aromatic carbocycles. The number of carbonyl (C=O) groups excluding carboxylic acids is 1. The van der Waals surface area contributed by atoms with Gasteiger partial charge in [-0.15, -0.1) is 5.10 Å². The third kappa shape index (κ3) is 4.33. The van der Waals surface area contributed by atoms with Gasteiger partial charge in [0.15, 0.2) is 5.65 Å². The molecule has 0 fully saturated rings. The van der Waals surface area contributed by atoms with Crippen LogP contribution in [-0.2, 0) is 16.2 Å². The normalized spacial score (nSPS) is 11.8. The van der Waals surface area contributed by atoms with E-state index in [0.29, 0.717) is 12.4 Å². The summed E-state index contributed by atoms with van der Waals surface area (Å²) in [5.74, 6) is -0.562. The number of hydrogen-bond acceptors (Lipinski definition) is 6. The number of methoxy groups -OCH3 is 1. The maximum Gasteiger partial charge on any atom is 0.376 e. The summed E-state index contributed by atoms with van der Waals surface area (Å²) < 4.78 is 11.9. The van der Waals surface area contributed by atoms with Crippen molar-refractivity contribution in [3.05, 3.63) is 18.2 Å². The van der Waals surface area contributed by atoms with Gasteiger partial charge in [0.2, 0.25) is 5.82 Å². The lowest BCUT2D eigenvalue weighted by Gasteiger charge is -2.15. The van der Waals surface area contributed by atoms with Gasteiger partial charge in [-0.25, -0.2) is 19.4 Å². The maximum atomic E-state index is 11.4. The van der Waals surface area contributed by atoms with Crippen molar-refractivity contribution in [1.82, 2.24) is 19.7 Å². The van der Waals surface area contributed by atoms with Crippen LogP contribution in [0.25, 0.3) is 11.0 Å². The minimum atomic E-state index is -1.08. The van der Waals surface area contributed by atoms with E-state index < -0.39 is 14.0 Å². The first-order chi connectivity index (χ1) is 9.89. The first-order valence-corrected chi connectivity index (χ1v) is 10.5. The first kappa shape index (κ1) is 15.6. The molecule has 0 bridgehead atoms. The van der Waals surface area contributed by atoms with Crippen molar-refractivity contribution >= 4 is 25.1 Å². The molecule has 7 nitrogen and oxygen atoms in total. The summed E-state index contributed by atoms with van der Waals surface area (Å²) in [5.41, 5.74) is 0.458. The molecule has 0 radical (unpaired) electrons. The highest BCUT2D eigenvalue weighted by Gasteiger charge is 2.13. The van der Waals surface area contributed by atoms with Gasteiger partial charge < -0.3 is 9.47 Å². The number of ether oxygens (including phenoxy) is 2. The Balaban J connectivity index is 2.00. The molecule has 2 aromatic heterocycles. The van der Waals surface area contributed by atoms with E-state index in [1.54, 1.807) is 17.1 Å². The Hall–Kier alpha value is -1.80. The molecule has 0 aliphatic rings.